The first-order chi connectivity index (χ1) is 6.27. The Balaban J connectivity index is 2.62. The number of aromatic nitrogens is 2. The highest BCUT2D eigenvalue weighted by molar-refractivity contribution is 5.77. The van der Waals surface area contributed by atoms with Gasteiger partial charge in [0.1, 0.15) is 5.82 Å². The quantitative estimate of drug-likeness (QED) is 0.661. The first kappa shape index (κ1) is 8.17. The van der Waals surface area contributed by atoms with E-state index in [1.165, 1.54) is 0 Å². The van der Waals surface area contributed by atoms with E-state index in [4.69, 9.17) is 0 Å². The molecular formula is C11H12N2. The molecule has 13 heavy (non-hydrogen) atoms. The van der Waals surface area contributed by atoms with Gasteiger partial charge in [-0.05, 0) is 6.07 Å². The molecule has 0 aliphatic rings. The van der Waals surface area contributed by atoms with Crippen LogP contribution in [0.2, 0.25) is 0 Å². The third-order valence-electron chi connectivity index (χ3n) is 2.02. The second-order valence-corrected chi connectivity index (χ2v) is 3.44. The first-order valence-electron chi connectivity index (χ1n) is 4.49. The monoisotopic (exact) mass is 172 g/mol. The predicted molar refractivity (Wildman–Crippen MR) is 53.6 cm³/mol. The smallest absolute Gasteiger partial charge is 0.131 e. The van der Waals surface area contributed by atoms with Gasteiger partial charge in [0, 0.05) is 17.5 Å². The van der Waals surface area contributed by atoms with Crippen LogP contribution in [-0.2, 0) is 0 Å². The number of para-hydroxylation sites is 1. The molecular weight excluding hydrogens is 160 g/mol. The van der Waals surface area contributed by atoms with E-state index in [-0.39, 0.29) is 0 Å². The maximum Gasteiger partial charge on any atom is 0.131 e. The SMILES string of the molecule is CC(C)c1ncc2ccccc2n1. The number of benzene rings is 1. The van der Waals surface area contributed by atoms with Crippen LogP contribution in [0.4, 0.5) is 0 Å². The fourth-order valence-electron chi connectivity index (χ4n) is 1.26. The molecule has 0 unspecified atom stereocenters. The van der Waals surface area contributed by atoms with Crippen molar-refractivity contribution in [2.45, 2.75) is 19.8 Å². The summed E-state index contributed by atoms with van der Waals surface area (Å²) in [5.41, 5.74) is 1.03. The lowest BCUT2D eigenvalue weighted by atomic mass is 10.2. The molecule has 2 nitrogen and oxygen atoms in total. The molecule has 0 saturated heterocycles. The molecule has 1 aromatic heterocycles. The zero-order valence-electron chi connectivity index (χ0n) is 7.86. The molecule has 0 atom stereocenters. The van der Waals surface area contributed by atoms with Gasteiger partial charge in [0.25, 0.3) is 0 Å². The molecule has 0 aliphatic carbocycles. The summed E-state index contributed by atoms with van der Waals surface area (Å²) in [5.74, 6) is 1.31. The van der Waals surface area contributed by atoms with Crippen molar-refractivity contribution in [2.75, 3.05) is 0 Å². The Morgan fingerprint density at radius 2 is 1.92 bits per heavy atom. The van der Waals surface area contributed by atoms with Crippen LogP contribution in [0.3, 0.4) is 0 Å². The minimum atomic E-state index is 0.393. The molecule has 0 amide bonds. The van der Waals surface area contributed by atoms with Crippen molar-refractivity contribution < 1.29 is 0 Å². The molecule has 0 spiro atoms. The standard InChI is InChI=1S/C11H12N2/c1-8(2)11-12-7-9-5-3-4-6-10(9)13-11/h3-8H,1-2H3. The van der Waals surface area contributed by atoms with Crippen molar-refractivity contribution >= 4 is 10.9 Å². The van der Waals surface area contributed by atoms with Gasteiger partial charge in [-0.2, -0.15) is 0 Å². The second kappa shape index (κ2) is 3.13. The molecule has 66 valence electrons. The molecule has 0 radical (unpaired) electrons. The summed E-state index contributed by atoms with van der Waals surface area (Å²) in [6.07, 6.45) is 1.89. The van der Waals surface area contributed by atoms with Crippen LogP contribution in [0.25, 0.3) is 10.9 Å². The highest BCUT2D eigenvalue weighted by Crippen LogP contribution is 2.14. The van der Waals surface area contributed by atoms with E-state index >= 15 is 0 Å². The number of hydrogen-bond acceptors (Lipinski definition) is 2. The predicted octanol–water partition coefficient (Wildman–Crippen LogP) is 2.75. The highest BCUT2D eigenvalue weighted by atomic mass is 14.9. The van der Waals surface area contributed by atoms with Gasteiger partial charge in [-0.25, -0.2) is 9.97 Å². The summed E-state index contributed by atoms with van der Waals surface area (Å²) in [4.78, 5) is 8.76. The van der Waals surface area contributed by atoms with Gasteiger partial charge in [0.2, 0.25) is 0 Å². The van der Waals surface area contributed by atoms with Gasteiger partial charge in [-0.15, -0.1) is 0 Å². The van der Waals surface area contributed by atoms with Crippen LogP contribution in [0.5, 0.6) is 0 Å². The maximum absolute atomic E-state index is 4.46. The molecule has 0 aliphatic heterocycles. The van der Waals surface area contributed by atoms with E-state index in [0.29, 0.717) is 5.92 Å². The van der Waals surface area contributed by atoms with Crippen molar-refractivity contribution in [3.8, 4) is 0 Å². The van der Waals surface area contributed by atoms with Gasteiger partial charge >= 0.3 is 0 Å². The van der Waals surface area contributed by atoms with Crippen LogP contribution in [0.1, 0.15) is 25.6 Å². The van der Waals surface area contributed by atoms with Crippen LogP contribution < -0.4 is 0 Å². The molecule has 2 aromatic rings. The van der Waals surface area contributed by atoms with Crippen molar-refractivity contribution in [3.63, 3.8) is 0 Å². The van der Waals surface area contributed by atoms with E-state index in [1.54, 1.807) is 0 Å². The summed E-state index contributed by atoms with van der Waals surface area (Å²) in [6, 6.07) is 8.04. The zero-order valence-corrected chi connectivity index (χ0v) is 7.86. The molecule has 0 N–H and O–H groups in total. The molecule has 1 heterocycles. The van der Waals surface area contributed by atoms with Crippen molar-refractivity contribution in [3.05, 3.63) is 36.3 Å². The Morgan fingerprint density at radius 1 is 1.15 bits per heavy atom. The Labute approximate surface area is 77.6 Å². The molecule has 0 bridgehead atoms. The van der Waals surface area contributed by atoms with E-state index < -0.39 is 0 Å². The fraction of sp³-hybridized carbons (Fsp3) is 0.273. The van der Waals surface area contributed by atoms with Gasteiger partial charge in [0.05, 0.1) is 5.52 Å². The van der Waals surface area contributed by atoms with Crippen LogP contribution in [0.15, 0.2) is 30.5 Å². The van der Waals surface area contributed by atoms with Gasteiger partial charge < -0.3 is 0 Å². The topological polar surface area (TPSA) is 25.8 Å². The molecule has 2 rings (SSSR count). The van der Waals surface area contributed by atoms with E-state index in [2.05, 4.69) is 23.8 Å². The molecule has 2 heteroatoms. The minimum absolute atomic E-state index is 0.393. The number of rotatable bonds is 1. The van der Waals surface area contributed by atoms with E-state index in [9.17, 15) is 0 Å². The summed E-state index contributed by atoms with van der Waals surface area (Å²) in [6.45, 7) is 4.20. The number of hydrogen-bond donors (Lipinski definition) is 0. The molecule has 0 saturated carbocycles. The Hall–Kier alpha value is -1.44. The Morgan fingerprint density at radius 3 is 2.69 bits per heavy atom. The van der Waals surface area contributed by atoms with Crippen LogP contribution in [0, 0.1) is 0 Å². The third-order valence-corrected chi connectivity index (χ3v) is 2.02. The highest BCUT2D eigenvalue weighted by Gasteiger charge is 2.02. The minimum Gasteiger partial charge on any atom is -0.240 e. The first-order valence-corrected chi connectivity index (χ1v) is 4.49. The summed E-state index contributed by atoms with van der Waals surface area (Å²) in [5, 5.41) is 1.10. The second-order valence-electron chi connectivity index (χ2n) is 3.44. The van der Waals surface area contributed by atoms with Gasteiger partial charge in [-0.1, -0.05) is 32.0 Å². The lowest BCUT2D eigenvalue weighted by Crippen LogP contribution is -1.96. The third kappa shape index (κ3) is 1.52. The van der Waals surface area contributed by atoms with E-state index in [0.717, 1.165) is 16.7 Å². The largest absolute Gasteiger partial charge is 0.240 e. The molecule has 0 fully saturated rings. The fourth-order valence-corrected chi connectivity index (χ4v) is 1.26. The van der Waals surface area contributed by atoms with Crippen molar-refractivity contribution in [2.24, 2.45) is 0 Å². The Bertz CT molecular complexity index is 421. The van der Waals surface area contributed by atoms with Gasteiger partial charge in [0.15, 0.2) is 0 Å². The number of fused-ring (bicyclic) bond motifs is 1. The van der Waals surface area contributed by atoms with Crippen molar-refractivity contribution in [1.82, 2.24) is 9.97 Å². The van der Waals surface area contributed by atoms with Crippen LogP contribution >= 0.6 is 0 Å². The molecule has 1 aromatic carbocycles. The summed E-state index contributed by atoms with van der Waals surface area (Å²) >= 11 is 0. The summed E-state index contributed by atoms with van der Waals surface area (Å²) in [7, 11) is 0. The normalized spacial score (nSPS) is 11.0. The zero-order chi connectivity index (χ0) is 9.26. The van der Waals surface area contributed by atoms with Crippen molar-refractivity contribution in [1.29, 1.82) is 0 Å². The average Bonchev–Trinajstić information content (AvgIpc) is 2.17. The lowest BCUT2D eigenvalue weighted by Gasteiger charge is -2.03. The average molecular weight is 172 g/mol. The lowest BCUT2D eigenvalue weighted by molar-refractivity contribution is 0.783. The van der Waals surface area contributed by atoms with E-state index in [1.807, 2.05) is 30.5 Å². The maximum atomic E-state index is 4.46. The number of nitrogens with zero attached hydrogens (tertiary/aromatic N) is 2. The Kier molecular flexibility index (Phi) is 1.97. The van der Waals surface area contributed by atoms with Gasteiger partial charge in [-0.3, -0.25) is 0 Å². The van der Waals surface area contributed by atoms with Crippen LogP contribution in [-0.4, -0.2) is 9.97 Å². The summed E-state index contributed by atoms with van der Waals surface area (Å²) < 4.78 is 0.